The van der Waals surface area contributed by atoms with Crippen LogP contribution in [0.15, 0.2) is 59.7 Å². The Balaban J connectivity index is 1.32. The minimum atomic E-state index is -0.585. The van der Waals surface area contributed by atoms with Gasteiger partial charge >= 0.3 is 0 Å². The molecule has 170 valence electrons. The smallest absolute Gasteiger partial charge is 0.213 e. The van der Waals surface area contributed by atoms with Gasteiger partial charge in [0.15, 0.2) is 0 Å². The van der Waals surface area contributed by atoms with Gasteiger partial charge in [0.25, 0.3) is 0 Å². The van der Waals surface area contributed by atoms with E-state index >= 15 is 0 Å². The summed E-state index contributed by atoms with van der Waals surface area (Å²) in [5.74, 6) is 0.186. The molecular formula is C27H25ClF2N2O. The van der Waals surface area contributed by atoms with E-state index in [4.69, 9.17) is 16.3 Å². The van der Waals surface area contributed by atoms with Gasteiger partial charge in [-0.3, -0.25) is 4.99 Å². The van der Waals surface area contributed by atoms with Gasteiger partial charge in [-0.25, -0.2) is 13.8 Å². The molecule has 0 amide bonds. The quantitative estimate of drug-likeness (QED) is 0.388. The molecule has 5 rings (SSSR count). The van der Waals surface area contributed by atoms with Crippen LogP contribution >= 0.6 is 11.6 Å². The fourth-order valence-electron chi connectivity index (χ4n) is 4.81. The number of aromatic nitrogens is 1. The molecule has 2 aromatic carbocycles. The van der Waals surface area contributed by atoms with E-state index < -0.39 is 11.6 Å². The lowest BCUT2D eigenvalue weighted by atomic mass is 9.99. The number of nitrogens with zero attached hydrogens (tertiary/aromatic N) is 2. The zero-order valence-corrected chi connectivity index (χ0v) is 19.2. The van der Waals surface area contributed by atoms with Crippen LogP contribution < -0.4 is 4.74 Å². The molecular weight excluding hydrogens is 442 g/mol. The highest BCUT2D eigenvalue weighted by Gasteiger charge is 2.26. The molecule has 0 bridgehead atoms. The highest BCUT2D eigenvalue weighted by molar-refractivity contribution is 6.31. The van der Waals surface area contributed by atoms with E-state index in [9.17, 15) is 8.78 Å². The molecule has 0 radical (unpaired) electrons. The first-order valence-electron chi connectivity index (χ1n) is 11.4. The Morgan fingerprint density at radius 2 is 1.76 bits per heavy atom. The summed E-state index contributed by atoms with van der Waals surface area (Å²) in [5, 5.41) is 0.580. The topological polar surface area (TPSA) is 34.5 Å². The first-order chi connectivity index (χ1) is 16.0. The van der Waals surface area contributed by atoms with Crippen molar-refractivity contribution in [1.29, 1.82) is 0 Å². The van der Waals surface area contributed by atoms with Crippen molar-refractivity contribution in [1.82, 2.24) is 4.98 Å². The Morgan fingerprint density at radius 3 is 2.42 bits per heavy atom. The number of hydrogen-bond donors (Lipinski definition) is 0. The second-order valence-electron chi connectivity index (χ2n) is 9.01. The third kappa shape index (κ3) is 4.65. The third-order valence-electron chi connectivity index (χ3n) is 6.58. The monoisotopic (exact) mass is 466 g/mol. The van der Waals surface area contributed by atoms with Crippen LogP contribution in [0.4, 0.5) is 8.78 Å². The van der Waals surface area contributed by atoms with Crippen LogP contribution in [0.5, 0.6) is 5.88 Å². The summed E-state index contributed by atoms with van der Waals surface area (Å²) in [6.45, 7) is 2.25. The number of rotatable bonds is 5. The van der Waals surface area contributed by atoms with E-state index in [1.807, 2.05) is 30.3 Å². The Labute approximate surface area is 197 Å². The highest BCUT2D eigenvalue weighted by atomic mass is 35.5. The zero-order valence-electron chi connectivity index (χ0n) is 18.4. The predicted molar refractivity (Wildman–Crippen MR) is 127 cm³/mol. The molecule has 2 heterocycles. The van der Waals surface area contributed by atoms with E-state index in [0.717, 1.165) is 29.5 Å². The first-order valence-corrected chi connectivity index (χ1v) is 11.8. The van der Waals surface area contributed by atoms with E-state index in [2.05, 4.69) is 16.9 Å². The molecule has 1 fully saturated rings. The molecule has 1 aromatic heterocycles. The number of hydrogen-bond acceptors (Lipinski definition) is 3. The Kier molecular flexibility index (Phi) is 6.15. The second-order valence-corrected chi connectivity index (χ2v) is 9.41. The van der Waals surface area contributed by atoms with Crippen molar-refractivity contribution in [3.63, 3.8) is 0 Å². The summed E-state index contributed by atoms with van der Waals surface area (Å²) < 4.78 is 34.3. The molecule has 0 spiro atoms. The van der Waals surface area contributed by atoms with Gasteiger partial charge in [-0.1, -0.05) is 36.7 Å². The highest BCUT2D eigenvalue weighted by Crippen LogP contribution is 2.37. The average molecular weight is 467 g/mol. The SMILES string of the molecule is CC1CCC(Oc2ccc(-c3ccc([C@H]4CCC(c5c(F)cccc5F)=N4)c(Cl)c3)cn2)C1. The van der Waals surface area contributed by atoms with Crippen molar-refractivity contribution in [2.24, 2.45) is 10.9 Å². The molecule has 1 aliphatic carbocycles. The maximum Gasteiger partial charge on any atom is 0.213 e. The molecule has 1 aliphatic heterocycles. The van der Waals surface area contributed by atoms with E-state index in [1.165, 1.54) is 24.6 Å². The number of benzene rings is 2. The summed E-state index contributed by atoms with van der Waals surface area (Å²) in [4.78, 5) is 9.08. The normalized spacial score (nSPS) is 22.4. The summed E-state index contributed by atoms with van der Waals surface area (Å²) in [6, 6.07) is 13.4. The molecule has 33 heavy (non-hydrogen) atoms. The molecule has 0 saturated heterocycles. The lowest BCUT2D eigenvalue weighted by Gasteiger charge is -2.13. The molecule has 2 unspecified atom stereocenters. The minimum absolute atomic E-state index is 0.0341. The molecule has 6 heteroatoms. The minimum Gasteiger partial charge on any atom is -0.474 e. The van der Waals surface area contributed by atoms with Crippen molar-refractivity contribution in [3.05, 3.63) is 82.5 Å². The molecule has 1 saturated carbocycles. The van der Waals surface area contributed by atoms with Gasteiger partial charge < -0.3 is 4.74 Å². The lowest BCUT2D eigenvalue weighted by molar-refractivity contribution is 0.197. The van der Waals surface area contributed by atoms with Gasteiger partial charge in [0.1, 0.15) is 17.7 Å². The number of pyridine rings is 1. The maximum absolute atomic E-state index is 14.1. The van der Waals surface area contributed by atoms with Crippen molar-refractivity contribution >= 4 is 17.3 Å². The van der Waals surface area contributed by atoms with Gasteiger partial charge in [0, 0.05) is 28.6 Å². The zero-order chi connectivity index (χ0) is 22.9. The average Bonchev–Trinajstić information content (AvgIpc) is 3.43. The van der Waals surface area contributed by atoms with Crippen LogP contribution in [0.2, 0.25) is 5.02 Å². The van der Waals surface area contributed by atoms with Crippen molar-refractivity contribution in [2.45, 2.75) is 51.2 Å². The van der Waals surface area contributed by atoms with Gasteiger partial charge in [-0.2, -0.15) is 0 Å². The van der Waals surface area contributed by atoms with Gasteiger partial charge in [-0.15, -0.1) is 0 Å². The summed E-state index contributed by atoms with van der Waals surface area (Å²) in [7, 11) is 0. The third-order valence-corrected chi connectivity index (χ3v) is 6.91. The Bertz CT molecular complexity index is 1170. The molecule has 3 aromatic rings. The Hall–Kier alpha value is -2.79. The van der Waals surface area contributed by atoms with E-state index in [-0.39, 0.29) is 17.7 Å². The van der Waals surface area contributed by atoms with Crippen LogP contribution in [0.3, 0.4) is 0 Å². The largest absolute Gasteiger partial charge is 0.474 e. The molecule has 3 atom stereocenters. The van der Waals surface area contributed by atoms with Gasteiger partial charge in [-0.05, 0) is 73.4 Å². The first kappa shape index (κ1) is 22.0. The van der Waals surface area contributed by atoms with Crippen molar-refractivity contribution in [3.8, 4) is 17.0 Å². The van der Waals surface area contributed by atoms with Crippen LogP contribution in [-0.4, -0.2) is 16.8 Å². The van der Waals surface area contributed by atoms with Crippen molar-refractivity contribution < 1.29 is 13.5 Å². The summed E-state index contributed by atoms with van der Waals surface area (Å²) >= 11 is 6.61. The van der Waals surface area contributed by atoms with Crippen molar-refractivity contribution in [2.75, 3.05) is 0 Å². The lowest BCUT2D eigenvalue weighted by Crippen LogP contribution is -2.12. The Morgan fingerprint density at radius 1 is 0.970 bits per heavy atom. The van der Waals surface area contributed by atoms with Crippen LogP contribution in [-0.2, 0) is 0 Å². The number of ether oxygens (including phenoxy) is 1. The summed E-state index contributed by atoms with van der Waals surface area (Å²) in [5.41, 5.74) is 3.16. The molecule has 3 nitrogen and oxygen atoms in total. The summed E-state index contributed by atoms with van der Waals surface area (Å²) in [6.07, 6.45) is 6.58. The predicted octanol–water partition coefficient (Wildman–Crippen LogP) is 7.57. The standard InChI is InChI=1S/C27H25ClF2N2O/c1-16-5-8-19(13-16)33-26-12-7-18(15-31-26)17-6-9-20(21(28)14-17)24-10-11-25(32-24)27-22(29)3-2-4-23(27)30/h2-4,6-7,9,12,14-16,19,24H,5,8,10-11,13H2,1H3/t16?,19?,24-/m1/s1. The molecule has 2 aliphatic rings. The second kappa shape index (κ2) is 9.22. The van der Waals surface area contributed by atoms with E-state index in [0.29, 0.717) is 35.4 Å². The van der Waals surface area contributed by atoms with Gasteiger partial charge in [0.05, 0.1) is 11.6 Å². The fourth-order valence-corrected chi connectivity index (χ4v) is 5.12. The van der Waals surface area contributed by atoms with Gasteiger partial charge in [0.2, 0.25) is 5.88 Å². The van der Waals surface area contributed by atoms with Crippen LogP contribution in [0.25, 0.3) is 11.1 Å². The fraction of sp³-hybridized carbons (Fsp3) is 0.333. The number of aliphatic imine (C=N–C) groups is 1. The van der Waals surface area contributed by atoms with Crippen LogP contribution in [0.1, 0.15) is 56.2 Å². The number of halogens is 3. The maximum atomic E-state index is 14.1. The van der Waals surface area contributed by atoms with E-state index in [1.54, 1.807) is 6.20 Å². The van der Waals surface area contributed by atoms with Crippen LogP contribution in [0, 0.1) is 17.6 Å². The molecule has 0 N–H and O–H groups in total.